The van der Waals surface area contributed by atoms with Gasteiger partial charge in [0.05, 0.1) is 18.6 Å². The summed E-state index contributed by atoms with van der Waals surface area (Å²) in [7, 11) is 1.44. The summed E-state index contributed by atoms with van der Waals surface area (Å²) in [4.78, 5) is 25.3. The molecule has 0 aliphatic rings. The van der Waals surface area contributed by atoms with Gasteiger partial charge in [-0.15, -0.1) is 17.6 Å². The number of halogens is 8. The third-order valence-electron chi connectivity index (χ3n) is 7.81. The quantitative estimate of drug-likeness (QED) is 0.0355. The van der Waals surface area contributed by atoms with Gasteiger partial charge in [-0.05, 0) is 76.8 Å². The lowest BCUT2D eigenvalue weighted by molar-refractivity contribution is -0.574. The highest BCUT2D eigenvalue weighted by molar-refractivity contribution is 5.84. The first-order chi connectivity index (χ1) is 25.1. The second kappa shape index (κ2) is 17.4. The van der Waals surface area contributed by atoms with Crippen LogP contribution in [0.3, 0.4) is 0 Å². The summed E-state index contributed by atoms with van der Waals surface area (Å²) >= 11 is 0. The van der Waals surface area contributed by atoms with Crippen LogP contribution in [0.2, 0.25) is 0 Å². The van der Waals surface area contributed by atoms with Crippen LogP contribution in [-0.4, -0.2) is 62.2 Å². The number of alkyl halides is 8. The molecule has 55 heavy (non-hydrogen) atoms. The van der Waals surface area contributed by atoms with Crippen LogP contribution >= 0.6 is 0 Å². The van der Waals surface area contributed by atoms with E-state index in [-0.39, 0.29) is 17.6 Å². The molecule has 0 spiro atoms. The largest absolute Gasteiger partial charge is 0.496 e. The van der Waals surface area contributed by atoms with Crippen molar-refractivity contribution in [2.24, 2.45) is 17.4 Å². The van der Waals surface area contributed by atoms with Gasteiger partial charge >= 0.3 is 36.4 Å². The van der Waals surface area contributed by atoms with Crippen LogP contribution in [0.15, 0.2) is 51.7 Å². The molecule has 0 radical (unpaired) electrons. The van der Waals surface area contributed by atoms with Crippen molar-refractivity contribution in [3.8, 4) is 22.6 Å². The van der Waals surface area contributed by atoms with Gasteiger partial charge in [0.2, 0.25) is 0 Å². The summed E-state index contributed by atoms with van der Waals surface area (Å²) in [6.45, 7) is 3.46. The molecule has 0 saturated carbocycles. The predicted molar refractivity (Wildman–Crippen MR) is 182 cm³/mol. The zero-order chi connectivity index (χ0) is 41.6. The molecule has 11 nitrogen and oxygen atoms in total. The molecule has 0 amide bonds. The lowest BCUT2D eigenvalue weighted by atomic mass is 9.80. The van der Waals surface area contributed by atoms with Gasteiger partial charge in [0.25, 0.3) is 0 Å². The third kappa shape index (κ3) is 14.2. The number of hydrogen-bond donors (Lipinski definition) is 2. The van der Waals surface area contributed by atoms with Crippen LogP contribution in [-0.2, 0) is 30.2 Å². The number of carbonyl (C=O) groups is 1. The minimum absolute atomic E-state index is 0.121. The Morgan fingerprint density at radius 1 is 0.800 bits per heavy atom. The van der Waals surface area contributed by atoms with Crippen LogP contribution in [0.1, 0.15) is 65.9 Å². The minimum Gasteiger partial charge on any atom is -0.496 e. The van der Waals surface area contributed by atoms with Crippen LogP contribution in [0.5, 0.6) is 11.5 Å². The molecule has 0 saturated heterocycles. The van der Waals surface area contributed by atoms with E-state index < -0.39 is 72.4 Å². The summed E-state index contributed by atoms with van der Waals surface area (Å²) in [6.07, 6.45) is -18.5. The molecular formula is C36H44F8N2O9. The van der Waals surface area contributed by atoms with Crippen molar-refractivity contribution >= 4 is 16.9 Å². The zero-order valence-electron chi connectivity index (χ0n) is 30.9. The molecule has 1 aromatic heterocycles. The van der Waals surface area contributed by atoms with E-state index in [1.807, 2.05) is 6.07 Å². The first-order valence-electron chi connectivity index (χ1n) is 16.9. The van der Waals surface area contributed by atoms with Gasteiger partial charge in [-0.3, -0.25) is 4.79 Å². The van der Waals surface area contributed by atoms with Crippen molar-refractivity contribution in [3.05, 3.63) is 58.4 Å². The molecule has 3 aromatic rings. The molecule has 1 unspecified atom stereocenters. The molecule has 3 rings (SSSR count). The van der Waals surface area contributed by atoms with Gasteiger partial charge in [0, 0.05) is 28.1 Å². The van der Waals surface area contributed by atoms with E-state index in [4.69, 9.17) is 25.4 Å². The van der Waals surface area contributed by atoms with E-state index in [1.165, 1.54) is 46.9 Å². The number of ether oxygens (including phenoxy) is 6. The molecule has 0 bridgehead atoms. The number of aryl methyl sites for hydroxylation is 1. The average Bonchev–Trinajstić information content (AvgIpc) is 3.02. The Balaban J connectivity index is 1.64. The monoisotopic (exact) mass is 800 g/mol. The van der Waals surface area contributed by atoms with Gasteiger partial charge in [-0.2, -0.15) is 17.6 Å². The van der Waals surface area contributed by atoms with Crippen molar-refractivity contribution in [2.75, 3.05) is 20.3 Å². The number of esters is 1. The minimum atomic E-state index is -5.97. The molecule has 308 valence electrons. The molecule has 1 heterocycles. The Hall–Kier alpha value is -4.04. The number of fused-ring (bicyclic) bond motifs is 1. The number of nitrogens with two attached hydrogens (primary N) is 2. The molecule has 1 atom stereocenters. The lowest BCUT2D eigenvalue weighted by Crippen LogP contribution is -2.51. The highest BCUT2D eigenvalue weighted by atomic mass is 19.3. The topological polar surface area (TPSA) is 155 Å². The summed E-state index contributed by atoms with van der Waals surface area (Å²) < 4.78 is 142. The maximum absolute atomic E-state index is 14.3. The Morgan fingerprint density at radius 3 is 1.98 bits per heavy atom. The van der Waals surface area contributed by atoms with E-state index >= 15 is 0 Å². The first kappa shape index (κ1) is 45.4. The van der Waals surface area contributed by atoms with Crippen molar-refractivity contribution in [1.82, 2.24) is 0 Å². The first-order valence-corrected chi connectivity index (χ1v) is 16.9. The van der Waals surface area contributed by atoms with Gasteiger partial charge in [-0.25, -0.2) is 19.0 Å². The maximum Gasteiger partial charge on any atom is 0.496 e. The van der Waals surface area contributed by atoms with E-state index in [2.05, 4.69) is 25.9 Å². The Morgan fingerprint density at radius 2 is 1.42 bits per heavy atom. The normalized spacial score (nSPS) is 13.9. The molecule has 2 aromatic carbocycles. The molecular weight excluding hydrogens is 756 g/mol. The number of methoxy groups -OCH3 is 1. The fourth-order valence-corrected chi connectivity index (χ4v) is 5.25. The van der Waals surface area contributed by atoms with Gasteiger partial charge < -0.3 is 30.1 Å². The van der Waals surface area contributed by atoms with Crippen LogP contribution in [0, 0.1) is 5.92 Å². The van der Waals surface area contributed by atoms with E-state index in [0.717, 1.165) is 43.4 Å². The number of benzene rings is 2. The standard InChI is InChI=1S/C36H44F8N2O9/c1-7-8-9-10-21-11-14-24(28(15-21)49-6)25-16-22-12-13-23(17-27(22)52-29(25)47)50-19-33(37,38)53-35(41,42)55-36(43,44)54-34(39,40)20-51-30(48)26(32(4,5)46)18-31(2,3)45/h11-17,26H,7-10,18-20,45-46H2,1-6H3. The van der Waals surface area contributed by atoms with Gasteiger partial charge in [0.15, 0.2) is 13.2 Å². The zero-order valence-corrected chi connectivity index (χ0v) is 30.9. The lowest BCUT2D eigenvalue weighted by Gasteiger charge is -2.34. The second-order valence-corrected chi connectivity index (χ2v) is 14.1. The number of hydrogen-bond acceptors (Lipinski definition) is 11. The molecule has 0 fully saturated rings. The SMILES string of the molecule is CCCCCc1ccc(-c2cc3ccc(OCC(F)(F)OC(F)(F)OC(F)(F)OC(F)(F)COC(=O)C(CC(C)(C)N)C(C)(C)N)cc3oc2=O)c(OC)c1. The number of rotatable bonds is 21. The van der Waals surface area contributed by atoms with E-state index in [1.54, 1.807) is 12.1 Å². The highest BCUT2D eigenvalue weighted by Crippen LogP contribution is 2.38. The third-order valence-corrected chi connectivity index (χ3v) is 7.81. The Labute approximate surface area is 311 Å². The summed E-state index contributed by atoms with van der Waals surface area (Å²) in [6, 6.07) is 10.2. The molecule has 0 aliphatic heterocycles. The fraction of sp³-hybridized carbons (Fsp3) is 0.556. The fourth-order valence-electron chi connectivity index (χ4n) is 5.25. The highest BCUT2D eigenvalue weighted by Gasteiger charge is 2.57. The Kier molecular flexibility index (Phi) is 14.3. The van der Waals surface area contributed by atoms with Crippen molar-refractivity contribution in [2.45, 2.75) is 103 Å². The van der Waals surface area contributed by atoms with Crippen molar-refractivity contribution in [3.63, 3.8) is 0 Å². The van der Waals surface area contributed by atoms with Crippen LogP contribution in [0.4, 0.5) is 35.1 Å². The van der Waals surface area contributed by atoms with E-state index in [9.17, 15) is 44.7 Å². The molecule has 0 aliphatic carbocycles. The summed E-state index contributed by atoms with van der Waals surface area (Å²) in [5, 5.41) is 0.301. The second-order valence-electron chi connectivity index (χ2n) is 14.1. The van der Waals surface area contributed by atoms with Crippen LogP contribution in [0.25, 0.3) is 22.1 Å². The number of carbonyl (C=O) groups excluding carboxylic acids is 1. The van der Waals surface area contributed by atoms with Crippen molar-refractivity contribution < 1.29 is 72.8 Å². The smallest absolute Gasteiger partial charge is 0.496 e. The average molecular weight is 801 g/mol. The van der Waals surface area contributed by atoms with Gasteiger partial charge in [-0.1, -0.05) is 31.9 Å². The summed E-state index contributed by atoms with van der Waals surface area (Å²) in [5.41, 5.74) is 9.84. The maximum atomic E-state index is 14.3. The molecule has 4 N–H and O–H groups in total. The van der Waals surface area contributed by atoms with Gasteiger partial charge in [0.1, 0.15) is 17.1 Å². The Bertz CT molecular complexity index is 1830. The van der Waals surface area contributed by atoms with Crippen molar-refractivity contribution in [1.29, 1.82) is 0 Å². The predicted octanol–water partition coefficient (Wildman–Crippen LogP) is 7.94. The molecule has 19 heteroatoms. The number of unbranched alkanes of at least 4 members (excludes halogenated alkanes) is 2. The van der Waals surface area contributed by atoms with E-state index in [0.29, 0.717) is 16.7 Å². The van der Waals surface area contributed by atoms with Crippen LogP contribution < -0.4 is 26.6 Å². The summed E-state index contributed by atoms with van der Waals surface area (Å²) in [5.74, 6) is -2.76.